The first-order valence-electron chi connectivity index (χ1n) is 7.33. The third-order valence-corrected chi connectivity index (χ3v) is 3.31. The second-order valence-corrected chi connectivity index (χ2v) is 5.38. The summed E-state index contributed by atoms with van der Waals surface area (Å²) in [5, 5.41) is 3.91. The van der Waals surface area contributed by atoms with E-state index in [-0.39, 0.29) is 5.92 Å². The van der Waals surface area contributed by atoms with Crippen LogP contribution < -0.4 is 4.74 Å². The van der Waals surface area contributed by atoms with Gasteiger partial charge in [-0.1, -0.05) is 61.5 Å². The maximum atomic E-state index is 5.69. The van der Waals surface area contributed by atoms with Crippen LogP contribution in [0.2, 0.25) is 0 Å². The quantitative estimate of drug-likeness (QED) is 0.698. The molecule has 0 amide bonds. The highest BCUT2D eigenvalue weighted by molar-refractivity contribution is 5.63. The van der Waals surface area contributed by atoms with Gasteiger partial charge in [0.05, 0.1) is 0 Å². The molecule has 0 radical (unpaired) electrons. The second-order valence-electron chi connectivity index (χ2n) is 5.38. The van der Waals surface area contributed by atoms with Gasteiger partial charge in [-0.3, -0.25) is 0 Å². The lowest BCUT2D eigenvalue weighted by molar-refractivity contribution is 0.284. The zero-order chi connectivity index (χ0) is 15.4. The van der Waals surface area contributed by atoms with Gasteiger partial charge in [-0.05, 0) is 23.3 Å². The van der Waals surface area contributed by atoms with Crippen molar-refractivity contribution in [1.82, 2.24) is 10.1 Å². The van der Waals surface area contributed by atoms with E-state index >= 15 is 0 Å². The van der Waals surface area contributed by atoms with E-state index in [2.05, 4.69) is 22.3 Å². The maximum Gasteiger partial charge on any atom is 0.229 e. The summed E-state index contributed by atoms with van der Waals surface area (Å²) in [6, 6.07) is 18.2. The number of hydrogen-bond donors (Lipinski definition) is 0. The molecule has 0 aliphatic rings. The van der Waals surface area contributed by atoms with Crippen molar-refractivity contribution in [3.63, 3.8) is 0 Å². The fraction of sp³-hybridized carbons (Fsp3) is 0.222. The zero-order valence-electron chi connectivity index (χ0n) is 12.7. The molecule has 1 heterocycles. The lowest BCUT2D eigenvalue weighted by atomic mass is 10.1. The average Bonchev–Trinajstić information content (AvgIpc) is 3.04. The minimum atomic E-state index is 0.228. The molecule has 3 rings (SSSR count). The Balaban J connectivity index is 1.63. The third-order valence-electron chi connectivity index (χ3n) is 3.31. The van der Waals surface area contributed by atoms with Crippen LogP contribution in [0, 0.1) is 0 Å². The standard InChI is InChI=1S/C18H18N2O2/c1-13(2)18-19-17(20-22-18)12-21-16-10-8-15(9-11-16)14-6-4-3-5-7-14/h3-11,13H,12H2,1-2H3. The van der Waals surface area contributed by atoms with Crippen LogP contribution in [0.25, 0.3) is 11.1 Å². The summed E-state index contributed by atoms with van der Waals surface area (Å²) < 4.78 is 10.8. The molecule has 0 spiro atoms. The molecular formula is C18H18N2O2. The summed E-state index contributed by atoms with van der Waals surface area (Å²) in [6.07, 6.45) is 0. The molecule has 0 aliphatic carbocycles. The minimum Gasteiger partial charge on any atom is -0.485 e. The first-order chi connectivity index (χ1) is 10.7. The average molecular weight is 294 g/mol. The molecule has 0 unspecified atom stereocenters. The fourth-order valence-electron chi connectivity index (χ4n) is 2.08. The molecule has 0 atom stereocenters. The smallest absolute Gasteiger partial charge is 0.229 e. The summed E-state index contributed by atoms with van der Waals surface area (Å²) in [6.45, 7) is 4.34. The van der Waals surface area contributed by atoms with Crippen LogP contribution in [0.5, 0.6) is 5.75 Å². The SMILES string of the molecule is CC(C)c1nc(COc2ccc(-c3ccccc3)cc2)no1. The molecule has 0 aliphatic heterocycles. The Hall–Kier alpha value is -2.62. The number of nitrogens with zero attached hydrogens (tertiary/aromatic N) is 2. The Morgan fingerprint density at radius 1 is 0.955 bits per heavy atom. The van der Waals surface area contributed by atoms with Gasteiger partial charge in [-0.15, -0.1) is 0 Å². The summed E-state index contributed by atoms with van der Waals surface area (Å²) in [5.74, 6) is 2.22. The molecule has 22 heavy (non-hydrogen) atoms. The van der Waals surface area contributed by atoms with E-state index in [9.17, 15) is 0 Å². The van der Waals surface area contributed by atoms with Crippen molar-refractivity contribution >= 4 is 0 Å². The van der Waals surface area contributed by atoms with Crippen LogP contribution in [0.3, 0.4) is 0 Å². The Morgan fingerprint density at radius 2 is 1.64 bits per heavy atom. The van der Waals surface area contributed by atoms with Crippen molar-refractivity contribution in [3.8, 4) is 16.9 Å². The van der Waals surface area contributed by atoms with E-state index < -0.39 is 0 Å². The molecule has 0 N–H and O–H groups in total. The maximum absolute atomic E-state index is 5.69. The Kier molecular flexibility index (Phi) is 4.19. The van der Waals surface area contributed by atoms with Gasteiger partial charge >= 0.3 is 0 Å². The Bertz CT molecular complexity index is 718. The second kappa shape index (κ2) is 6.43. The third kappa shape index (κ3) is 3.34. The van der Waals surface area contributed by atoms with Crippen LogP contribution in [-0.2, 0) is 6.61 Å². The lowest BCUT2D eigenvalue weighted by Crippen LogP contribution is -1.98. The van der Waals surface area contributed by atoms with Gasteiger partial charge in [0.2, 0.25) is 11.7 Å². The van der Waals surface area contributed by atoms with Crippen LogP contribution in [-0.4, -0.2) is 10.1 Å². The van der Waals surface area contributed by atoms with Gasteiger partial charge in [-0.2, -0.15) is 4.98 Å². The van der Waals surface area contributed by atoms with E-state index in [1.54, 1.807) is 0 Å². The van der Waals surface area contributed by atoms with Crippen molar-refractivity contribution in [2.24, 2.45) is 0 Å². The number of ether oxygens (including phenoxy) is 1. The highest BCUT2D eigenvalue weighted by Crippen LogP contribution is 2.22. The van der Waals surface area contributed by atoms with Gasteiger partial charge in [-0.25, -0.2) is 0 Å². The molecule has 0 saturated carbocycles. The van der Waals surface area contributed by atoms with Crippen molar-refractivity contribution in [3.05, 3.63) is 66.3 Å². The van der Waals surface area contributed by atoms with Gasteiger partial charge in [0.1, 0.15) is 5.75 Å². The molecule has 0 fully saturated rings. The number of rotatable bonds is 5. The first kappa shape index (κ1) is 14.3. The lowest BCUT2D eigenvalue weighted by Gasteiger charge is -2.05. The fourth-order valence-corrected chi connectivity index (χ4v) is 2.08. The highest BCUT2D eigenvalue weighted by Gasteiger charge is 2.10. The van der Waals surface area contributed by atoms with Gasteiger partial charge < -0.3 is 9.26 Å². The van der Waals surface area contributed by atoms with Gasteiger partial charge in [0, 0.05) is 5.92 Å². The summed E-state index contributed by atoms with van der Waals surface area (Å²) >= 11 is 0. The van der Waals surface area contributed by atoms with Crippen molar-refractivity contribution in [2.45, 2.75) is 26.4 Å². The molecule has 112 valence electrons. The van der Waals surface area contributed by atoms with Crippen molar-refractivity contribution < 1.29 is 9.26 Å². The van der Waals surface area contributed by atoms with Gasteiger partial charge in [0.15, 0.2) is 6.61 Å². The Morgan fingerprint density at radius 3 is 2.27 bits per heavy atom. The minimum absolute atomic E-state index is 0.228. The molecule has 0 bridgehead atoms. The van der Waals surface area contributed by atoms with Crippen molar-refractivity contribution in [1.29, 1.82) is 0 Å². The normalized spacial score (nSPS) is 10.9. The molecule has 3 aromatic rings. The molecule has 4 heteroatoms. The van der Waals surface area contributed by atoms with E-state index in [0.717, 1.165) is 11.3 Å². The predicted octanol–water partition coefficient (Wildman–Crippen LogP) is 4.44. The summed E-state index contributed by atoms with van der Waals surface area (Å²) in [7, 11) is 0. The number of aromatic nitrogens is 2. The summed E-state index contributed by atoms with van der Waals surface area (Å²) in [5.41, 5.74) is 2.35. The van der Waals surface area contributed by atoms with Gasteiger partial charge in [0.25, 0.3) is 0 Å². The van der Waals surface area contributed by atoms with E-state index in [0.29, 0.717) is 18.3 Å². The summed E-state index contributed by atoms with van der Waals surface area (Å²) in [4.78, 5) is 4.29. The largest absolute Gasteiger partial charge is 0.485 e. The zero-order valence-corrected chi connectivity index (χ0v) is 12.7. The van der Waals surface area contributed by atoms with Crippen LogP contribution in [0.4, 0.5) is 0 Å². The number of hydrogen-bond acceptors (Lipinski definition) is 4. The Labute approximate surface area is 129 Å². The molecule has 2 aromatic carbocycles. The van der Waals surface area contributed by atoms with Crippen LogP contribution in [0.1, 0.15) is 31.5 Å². The predicted molar refractivity (Wildman–Crippen MR) is 84.6 cm³/mol. The van der Waals surface area contributed by atoms with Crippen LogP contribution >= 0.6 is 0 Å². The monoisotopic (exact) mass is 294 g/mol. The molecule has 1 aromatic heterocycles. The topological polar surface area (TPSA) is 48.2 Å². The molecule has 0 saturated heterocycles. The molecular weight excluding hydrogens is 276 g/mol. The van der Waals surface area contributed by atoms with E-state index in [1.807, 2.05) is 56.3 Å². The van der Waals surface area contributed by atoms with E-state index in [1.165, 1.54) is 5.56 Å². The highest BCUT2D eigenvalue weighted by atomic mass is 16.5. The van der Waals surface area contributed by atoms with Crippen molar-refractivity contribution in [2.75, 3.05) is 0 Å². The molecule has 4 nitrogen and oxygen atoms in total. The van der Waals surface area contributed by atoms with Crippen LogP contribution in [0.15, 0.2) is 59.1 Å². The number of benzene rings is 2. The first-order valence-corrected chi connectivity index (χ1v) is 7.33. The van der Waals surface area contributed by atoms with E-state index in [4.69, 9.17) is 9.26 Å².